The number of fused-ring (bicyclic) bond motifs is 3. The number of hydrogen-bond donors (Lipinski definition) is 1. The highest BCUT2D eigenvalue weighted by Crippen LogP contribution is 2.13. The predicted octanol–water partition coefficient (Wildman–Crippen LogP) is 1.99. The van der Waals surface area contributed by atoms with Gasteiger partial charge in [-0.3, -0.25) is 14.2 Å². The van der Waals surface area contributed by atoms with Crippen molar-refractivity contribution in [1.29, 1.82) is 0 Å². The van der Waals surface area contributed by atoms with E-state index in [0.717, 1.165) is 5.69 Å². The summed E-state index contributed by atoms with van der Waals surface area (Å²) < 4.78 is 2.95. The second-order valence-corrected chi connectivity index (χ2v) is 5.73. The molecule has 1 aromatic carbocycles. The Morgan fingerprint density at radius 3 is 2.72 bits per heavy atom. The van der Waals surface area contributed by atoms with Crippen LogP contribution in [0.25, 0.3) is 16.7 Å². The van der Waals surface area contributed by atoms with Gasteiger partial charge in [0.1, 0.15) is 12.1 Å². The fraction of sp³-hybridized carbons (Fsp3) is 0.111. The van der Waals surface area contributed by atoms with Gasteiger partial charge in [-0.25, -0.2) is 9.50 Å². The summed E-state index contributed by atoms with van der Waals surface area (Å²) in [6.45, 7) is 1.71. The molecule has 4 aromatic rings. The summed E-state index contributed by atoms with van der Waals surface area (Å²) in [4.78, 5) is 29.6. The summed E-state index contributed by atoms with van der Waals surface area (Å²) >= 11 is 0. The van der Waals surface area contributed by atoms with Crippen LogP contribution in [0.5, 0.6) is 0 Å². The molecule has 1 N–H and O–H groups in total. The first kappa shape index (κ1) is 15.1. The number of benzene rings is 1. The smallest absolute Gasteiger partial charge is 0.277 e. The molecule has 0 fully saturated rings. The predicted molar refractivity (Wildman–Crippen MR) is 94.6 cm³/mol. The molecule has 3 heterocycles. The van der Waals surface area contributed by atoms with Crippen LogP contribution in [0, 0.1) is 6.92 Å². The number of carbonyl (C=O) groups excluding carboxylic acids is 1. The average Bonchev–Trinajstić information content (AvgIpc) is 3.01. The molecular weight excluding hydrogens is 318 g/mol. The summed E-state index contributed by atoms with van der Waals surface area (Å²) in [7, 11) is 0. The van der Waals surface area contributed by atoms with Gasteiger partial charge in [-0.2, -0.15) is 5.10 Å². The first-order valence-corrected chi connectivity index (χ1v) is 7.82. The van der Waals surface area contributed by atoms with Crippen LogP contribution in [0.2, 0.25) is 0 Å². The minimum atomic E-state index is -0.279. The van der Waals surface area contributed by atoms with Crippen LogP contribution in [0.4, 0.5) is 5.69 Å². The van der Waals surface area contributed by atoms with Gasteiger partial charge in [-0.1, -0.05) is 18.2 Å². The molecule has 0 aliphatic rings. The van der Waals surface area contributed by atoms with Crippen LogP contribution in [0.15, 0.2) is 59.5 Å². The lowest BCUT2D eigenvalue weighted by Crippen LogP contribution is -2.29. The van der Waals surface area contributed by atoms with Crippen LogP contribution < -0.4 is 10.9 Å². The second-order valence-electron chi connectivity index (χ2n) is 5.73. The zero-order chi connectivity index (χ0) is 17.4. The van der Waals surface area contributed by atoms with Crippen LogP contribution >= 0.6 is 0 Å². The monoisotopic (exact) mass is 333 g/mol. The molecule has 0 aliphatic heterocycles. The first-order chi connectivity index (χ1) is 12.1. The number of nitrogens with one attached hydrogen (secondary N) is 1. The van der Waals surface area contributed by atoms with Gasteiger partial charge >= 0.3 is 0 Å². The molecule has 7 heteroatoms. The van der Waals surface area contributed by atoms with Crippen molar-refractivity contribution in [1.82, 2.24) is 19.2 Å². The highest BCUT2D eigenvalue weighted by molar-refractivity contribution is 5.91. The third-order valence-corrected chi connectivity index (χ3v) is 3.91. The van der Waals surface area contributed by atoms with Crippen LogP contribution in [0.3, 0.4) is 0 Å². The molecule has 1 amide bonds. The Kier molecular flexibility index (Phi) is 3.53. The summed E-state index contributed by atoms with van der Waals surface area (Å²) in [5, 5.41) is 7.12. The molecule has 0 unspecified atom stereocenters. The highest BCUT2D eigenvalue weighted by atomic mass is 16.2. The van der Waals surface area contributed by atoms with Crippen molar-refractivity contribution in [3.05, 3.63) is 70.8 Å². The maximum atomic E-state index is 12.8. The van der Waals surface area contributed by atoms with E-state index in [1.165, 1.54) is 9.08 Å². The number of pyridine rings is 1. The number of aromatic nitrogens is 4. The molecule has 0 saturated heterocycles. The molecule has 124 valence electrons. The van der Waals surface area contributed by atoms with Crippen molar-refractivity contribution in [3.8, 4) is 0 Å². The van der Waals surface area contributed by atoms with E-state index in [1.54, 1.807) is 36.5 Å². The minimum absolute atomic E-state index is 0.101. The zero-order valence-electron chi connectivity index (χ0n) is 13.5. The van der Waals surface area contributed by atoms with Crippen LogP contribution in [-0.4, -0.2) is 25.1 Å². The van der Waals surface area contributed by atoms with E-state index in [9.17, 15) is 9.59 Å². The van der Waals surface area contributed by atoms with Crippen molar-refractivity contribution in [2.75, 3.05) is 5.32 Å². The Morgan fingerprint density at radius 2 is 1.92 bits per heavy atom. The lowest BCUT2D eigenvalue weighted by Gasteiger charge is -2.11. The molecule has 0 spiro atoms. The van der Waals surface area contributed by atoms with E-state index in [4.69, 9.17) is 0 Å². The number of amides is 1. The Bertz CT molecular complexity index is 1140. The number of aryl methyl sites for hydroxylation is 1. The SMILES string of the molecule is Cc1cc2c(=O)n(CC(=O)Nc3ccccc3)c3cccnc3n2n1. The Morgan fingerprint density at radius 1 is 1.12 bits per heavy atom. The third-order valence-electron chi connectivity index (χ3n) is 3.91. The number of nitrogens with zero attached hydrogens (tertiary/aromatic N) is 4. The maximum absolute atomic E-state index is 12.8. The summed E-state index contributed by atoms with van der Waals surface area (Å²) in [5.74, 6) is -0.279. The Labute approximate surface area is 142 Å². The van der Waals surface area contributed by atoms with Gasteiger partial charge in [0.2, 0.25) is 5.91 Å². The molecule has 0 radical (unpaired) electrons. The second kappa shape index (κ2) is 5.86. The van der Waals surface area contributed by atoms with Crippen LogP contribution in [-0.2, 0) is 11.3 Å². The van der Waals surface area contributed by atoms with E-state index in [0.29, 0.717) is 22.4 Å². The van der Waals surface area contributed by atoms with E-state index in [1.807, 2.05) is 25.1 Å². The zero-order valence-corrected chi connectivity index (χ0v) is 13.5. The highest BCUT2D eigenvalue weighted by Gasteiger charge is 2.15. The quantitative estimate of drug-likeness (QED) is 0.622. The van der Waals surface area contributed by atoms with Crippen molar-refractivity contribution >= 4 is 28.3 Å². The van der Waals surface area contributed by atoms with Crippen molar-refractivity contribution < 1.29 is 4.79 Å². The molecule has 0 aliphatic carbocycles. The van der Waals surface area contributed by atoms with E-state index < -0.39 is 0 Å². The molecule has 0 atom stereocenters. The number of carbonyl (C=O) groups is 1. The van der Waals surface area contributed by atoms with Crippen molar-refractivity contribution in [3.63, 3.8) is 0 Å². The molecule has 0 bridgehead atoms. The largest absolute Gasteiger partial charge is 0.325 e. The molecule has 25 heavy (non-hydrogen) atoms. The summed E-state index contributed by atoms with van der Waals surface area (Å²) in [6.07, 6.45) is 1.64. The fourth-order valence-electron chi connectivity index (χ4n) is 2.85. The number of rotatable bonds is 3. The van der Waals surface area contributed by atoms with Crippen molar-refractivity contribution in [2.45, 2.75) is 13.5 Å². The maximum Gasteiger partial charge on any atom is 0.277 e. The van der Waals surface area contributed by atoms with Gasteiger partial charge in [-0.15, -0.1) is 0 Å². The van der Waals surface area contributed by atoms with E-state index in [-0.39, 0.29) is 18.0 Å². The van der Waals surface area contributed by atoms with Gasteiger partial charge in [-0.05, 0) is 37.3 Å². The molecule has 3 aromatic heterocycles. The summed E-state index contributed by atoms with van der Waals surface area (Å²) in [6, 6.07) is 14.3. The molecule has 0 saturated carbocycles. The minimum Gasteiger partial charge on any atom is -0.325 e. The molecular formula is C18H15N5O2. The van der Waals surface area contributed by atoms with Gasteiger partial charge in [0.25, 0.3) is 5.56 Å². The molecule has 4 rings (SSSR count). The number of anilines is 1. The fourth-order valence-corrected chi connectivity index (χ4v) is 2.85. The van der Waals surface area contributed by atoms with Gasteiger partial charge in [0.05, 0.1) is 11.2 Å². The van der Waals surface area contributed by atoms with E-state index in [2.05, 4.69) is 15.4 Å². The molecule has 7 nitrogen and oxygen atoms in total. The standard InChI is InChI=1S/C18H15N5O2/c1-12-10-15-18(25)22(11-16(24)20-13-6-3-2-4-7-13)14-8-5-9-19-17(14)23(15)21-12/h2-10H,11H2,1H3,(H,20,24). The topological polar surface area (TPSA) is 81.3 Å². The number of hydrogen-bond acceptors (Lipinski definition) is 4. The lowest BCUT2D eigenvalue weighted by atomic mass is 10.3. The Hall–Kier alpha value is -3.48. The first-order valence-electron chi connectivity index (χ1n) is 7.82. The van der Waals surface area contributed by atoms with Gasteiger partial charge < -0.3 is 5.32 Å². The van der Waals surface area contributed by atoms with Gasteiger partial charge in [0.15, 0.2) is 5.65 Å². The summed E-state index contributed by atoms with van der Waals surface area (Å²) in [5.41, 5.74) is 2.63. The third kappa shape index (κ3) is 2.65. The van der Waals surface area contributed by atoms with E-state index >= 15 is 0 Å². The normalized spacial score (nSPS) is 11.1. The van der Waals surface area contributed by atoms with Crippen molar-refractivity contribution in [2.24, 2.45) is 0 Å². The average molecular weight is 333 g/mol. The van der Waals surface area contributed by atoms with Gasteiger partial charge in [0, 0.05) is 11.9 Å². The van der Waals surface area contributed by atoms with Crippen LogP contribution in [0.1, 0.15) is 5.69 Å². The lowest BCUT2D eigenvalue weighted by molar-refractivity contribution is -0.116. The Balaban J connectivity index is 1.81. The number of para-hydroxylation sites is 1.